The van der Waals surface area contributed by atoms with Crippen molar-refractivity contribution in [1.29, 1.82) is 0 Å². The van der Waals surface area contributed by atoms with E-state index in [9.17, 15) is 9.59 Å². The molecule has 0 unspecified atom stereocenters. The number of anilines is 1. The molecule has 1 saturated heterocycles. The molecule has 5 nitrogen and oxygen atoms in total. The van der Waals surface area contributed by atoms with Crippen LogP contribution in [0.2, 0.25) is 20.1 Å². The lowest BCUT2D eigenvalue weighted by molar-refractivity contribution is -0.117. The zero-order chi connectivity index (χ0) is 22.8. The average Bonchev–Trinajstić information content (AvgIpc) is 3.04. The lowest BCUT2D eigenvalue weighted by atomic mass is 10.1. The molecule has 1 N–H and O–H groups in total. The summed E-state index contributed by atoms with van der Waals surface area (Å²) < 4.78 is 5.90. The fraction of sp³-hybridized carbons (Fsp3) is 0.0435. The summed E-state index contributed by atoms with van der Waals surface area (Å²) in [5.74, 6) is -0.786. The summed E-state index contributed by atoms with van der Waals surface area (Å²) in [4.78, 5) is 25.4. The van der Waals surface area contributed by atoms with Gasteiger partial charge in [0.25, 0.3) is 11.8 Å². The smallest absolute Gasteiger partial charge is 0.282 e. The molecule has 2 amide bonds. The largest absolute Gasteiger partial charge is 0.487 e. The number of hydrogen-bond donors (Lipinski definition) is 1. The molecule has 9 heteroatoms. The number of hydrazine groups is 1. The molecule has 1 aliphatic heterocycles. The number of nitrogens with zero attached hydrogens (tertiary/aromatic N) is 1. The molecule has 0 spiro atoms. The third kappa shape index (κ3) is 4.71. The Morgan fingerprint density at radius 3 is 2.34 bits per heavy atom. The molecule has 1 heterocycles. The van der Waals surface area contributed by atoms with E-state index in [-0.39, 0.29) is 23.0 Å². The number of ether oxygens (including phenoxy) is 1. The maximum absolute atomic E-state index is 12.9. The monoisotopic (exact) mass is 506 g/mol. The van der Waals surface area contributed by atoms with E-state index in [0.717, 1.165) is 5.56 Å². The van der Waals surface area contributed by atoms with Gasteiger partial charge in [0.05, 0.1) is 20.8 Å². The number of nitrogens with one attached hydrogen (secondary N) is 1. The molecule has 1 fully saturated rings. The Labute approximate surface area is 204 Å². The van der Waals surface area contributed by atoms with Gasteiger partial charge in [0.15, 0.2) is 0 Å². The van der Waals surface area contributed by atoms with Crippen LogP contribution < -0.4 is 15.2 Å². The van der Waals surface area contributed by atoms with Crippen LogP contribution >= 0.6 is 46.4 Å². The van der Waals surface area contributed by atoms with Crippen LogP contribution in [0.3, 0.4) is 0 Å². The van der Waals surface area contributed by atoms with Gasteiger partial charge < -0.3 is 4.74 Å². The van der Waals surface area contributed by atoms with Crippen molar-refractivity contribution in [3.8, 4) is 5.75 Å². The van der Waals surface area contributed by atoms with Gasteiger partial charge in [0, 0.05) is 10.6 Å². The first-order valence-electron chi connectivity index (χ1n) is 9.31. The van der Waals surface area contributed by atoms with Crippen LogP contribution in [0.5, 0.6) is 5.75 Å². The second-order valence-electron chi connectivity index (χ2n) is 6.82. The van der Waals surface area contributed by atoms with Crippen LogP contribution in [0.25, 0.3) is 6.08 Å². The first-order chi connectivity index (χ1) is 15.3. The summed E-state index contributed by atoms with van der Waals surface area (Å²) in [5, 5.41) is 2.56. The Bertz CT molecular complexity index is 1250. The van der Waals surface area contributed by atoms with E-state index >= 15 is 0 Å². The fourth-order valence-electron chi connectivity index (χ4n) is 3.10. The third-order valence-electron chi connectivity index (χ3n) is 4.61. The molecule has 1 aliphatic rings. The average molecular weight is 508 g/mol. The summed E-state index contributed by atoms with van der Waals surface area (Å²) >= 11 is 24.5. The van der Waals surface area contributed by atoms with Crippen molar-refractivity contribution < 1.29 is 14.3 Å². The van der Waals surface area contributed by atoms with Crippen molar-refractivity contribution in [1.82, 2.24) is 5.43 Å². The van der Waals surface area contributed by atoms with Gasteiger partial charge in [0.1, 0.15) is 17.9 Å². The highest BCUT2D eigenvalue weighted by Crippen LogP contribution is 2.35. The van der Waals surface area contributed by atoms with Gasteiger partial charge in [-0.1, -0.05) is 70.7 Å². The lowest BCUT2D eigenvalue weighted by Gasteiger charge is -2.14. The first kappa shape index (κ1) is 22.5. The highest BCUT2D eigenvalue weighted by Gasteiger charge is 2.34. The van der Waals surface area contributed by atoms with Crippen LogP contribution in [0, 0.1) is 0 Å². The van der Waals surface area contributed by atoms with Gasteiger partial charge >= 0.3 is 0 Å². The quantitative estimate of drug-likeness (QED) is 0.323. The minimum absolute atomic E-state index is 0.0772. The minimum atomic E-state index is -0.551. The Morgan fingerprint density at radius 1 is 0.875 bits per heavy atom. The van der Waals surface area contributed by atoms with Crippen LogP contribution in [0.1, 0.15) is 11.1 Å². The summed E-state index contributed by atoms with van der Waals surface area (Å²) in [6.07, 6.45) is 1.41. The van der Waals surface area contributed by atoms with Crippen LogP contribution in [-0.4, -0.2) is 11.8 Å². The van der Waals surface area contributed by atoms with E-state index < -0.39 is 11.8 Å². The van der Waals surface area contributed by atoms with E-state index in [0.29, 0.717) is 26.3 Å². The molecule has 3 aromatic carbocycles. The van der Waals surface area contributed by atoms with Crippen molar-refractivity contribution in [2.75, 3.05) is 5.01 Å². The fourth-order valence-corrected chi connectivity index (χ4v) is 3.98. The summed E-state index contributed by atoms with van der Waals surface area (Å²) in [6, 6.07) is 17.0. The van der Waals surface area contributed by atoms with E-state index in [1.807, 2.05) is 6.07 Å². The van der Waals surface area contributed by atoms with Crippen molar-refractivity contribution in [3.63, 3.8) is 0 Å². The Kier molecular flexibility index (Phi) is 6.63. The lowest BCUT2D eigenvalue weighted by Crippen LogP contribution is -2.35. The number of carbonyl (C=O) groups is 2. The zero-order valence-corrected chi connectivity index (χ0v) is 19.3. The molecule has 4 rings (SSSR count). The number of rotatable bonds is 5. The topological polar surface area (TPSA) is 58.6 Å². The maximum Gasteiger partial charge on any atom is 0.282 e. The van der Waals surface area contributed by atoms with Gasteiger partial charge in [-0.3, -0.25) is 15.0 Å². The van der Waals surface area contributed by atoms with E-state index in [1.54, 1.807) is 48.5 Å². The number of benzene rings is 3. The number of para-hydroxylation sites is 1. The molecule has 0 bridgehead atoms. The van der Waals surface area contributed by atoms with Gasteiger partial charge in [-0.2, -0.15) is 0 Å². The standard InChI is InChI=1S/C23H14Cl4N2O3/c24-15-9-14(10-17-22(30)28-29(23(17)31)16-4-2-1-3-5-16)21(20(27)11-15)32-12-13-6-7-18(25)19(26)8-13/h1-11H,12H2,(H,28,30)/b17-10-. The van der Waals surface area contributed by atoms with Gasteiger partial charge in [-0.05, 0) is 48.0 Å². The molecule has 0 aliphatic carbocycles. The predicted octanol–water partition coefficient (Wildman–Crippen LogP) is 6.34. The van der Waals surface area contributed by atoms with Gasteiger partial charge in [-0.25, -0.2) is 5.01 Å². The van der Waals surface area contributed by atoms with Crippen LogP contribution in [-0.2, 0) is 16.2 Å². The molecule has 0 aromatic heterocycles. The second kappa shape index (κ2) is 9.43. The molecular formula is C23H14Cl4N2O3. The summed E-state index contributed by atoms with van der Waals surface area (Å²) in [7, 11) is 0. The van der Waals surface area contributed by atoms with Gasteiger partial charge in [-0.15, -0.1) is 0 Å². The van der Waals surface area contributed by atoms with E-state index in [2.05, 4.69) is 5.43 Å². The maximum atomic E-state index is 12.9. The molecule has 0 radical (unpaired) electrons. The second-order valence-corrected chi connectivity index (χ2v) is 8.48. The molecule has 0 atom stereocenters. The summed E-state index contributed by atoms with van der Waals surface area (Å²) in [5.41, 5.74) is 4.15. The number of halogens is 4. The van der Waals surface area contributed by atoms with Gasteiger partial charge in [0.2, 0.25) is 0 Å². The molecule has 3 aromatic rings. The van der Waals surface area contributed by atoms with Crippen LogP contribution in [0.15, 0.2) is 66.2 Å². The normalized spacial score (nSPS) is 14.8. The molecular weight excluding hydrogens is 494 g/mol. The first-order valence-corrected chi connectivity index (χ1v) is 10.8. The highest BCUT2D eigenvalue weighted by atomic mass is 35.5. The van der Waals surface area contributed by atoms with E-state index in [4.69, 9.17) is 51.1 Å². The van der Waals surface area contributed by atoms with Crippen LogP contribution in [0.4, 0.5) is 5.69 Å². The summed E-state index contributed by atoms with van der Waals surface area (Å²) in [6.45, 7) is 0.130. The molecule has 162 valence electrons. The Balaban J connectivity index is 1.66. The van der Waals surface area contributed by atoms with Crippen molar-refractivity contribution >= 4 is 70.0 Å². The number of carbonyl (C=O) groups excluding carboxylic acids is 2. The zero-order valence-electron chi connectivity index (χ0n) is 16.2. The Morgan fingerprint density at radius 2 is 1.62 bits per heavy atom. The van der Waals surface area contributed by atoms with E-state index in [1.165, 1.54) is 17.2 Å². The predicted molar refractivity (Wildman–Crippen MR) is 127 cm³/mol. The molecule has 0 saturated carbocycles. The minimum Gasteiger partial charge on any atom is -0.487 e. The number of hydrogen-bond acceptors (Lipinski definition) is 3. The SMILES string of the molecule is O=C1NN(c2ccccc2)C(=O)/C1=C\c1cc(Cl)cc(Cl)c1OCc1ccc(Cl)c(Cl)c1. The molecule has 32 heavy (non-hydrogen) atoms. The van der Waals surface area contributed by atoms with Crippen molar-refractivity contribution in [2.45, 2.75) is 6.61 Å². The van der Waals surface area contributed by atoms with Crippen molar-refractivity contribution in [2.24, 2.45) is 0 Å². The third-order valence-corrected chi connectivity index (χ3v) is 5.85. The number of amides is 2. The Hall–Kier alpha value is -2.70. The van der Waals surface area contributed by atoms with Crippen molar-refractivity contribution in [3.05, 3.63) is 97.5 Å². The highest BCUT2D eigenvalue weighted by molar-refractivity contribution is 6.42.